The van der Waals surface area contributed by atoms with Crippen LogP contribution in [0.3, 0.4) is 0 Å². The Hall–Kier alpha value is -2.69. The Labute approximate surface area is 257 Å². The largest absolute Gasteiger partial charge is 0.495 e. The van der Waals surface area contributed by atoms with E-state index in [1.165, 1.54) is 0 Å². The molecule has 2 aliphatic heterocycles. The minimum Gasteiger partial charge on any atom is -0.408 e. The molecule has 234 valence electrons. The van der Waals surface area contributed by atoms with Gasteiger partial charge in [-0.3, -0.25) is 9.48 Å². The van der Waals surface area contributed by atoms with Gasteiger partial charge in [-0.25, -0.2) is 0 Å². The highest BCUT2D eigenvalue weighted by molar-refractivity contribution is 6.74. The van der Waals surface area contributed by atoms with Crippen LogP contribution in [-0.2, 0) is 24.1 Å². The highest BCUT2D eigenvalue weighted by atomic mass is 28.4. The maximum atomic E-state index is 12.5. The second-order valence-corrected chi connectivity index (χ2v) is 19.5. The number of aromatic nitrogens is 2. The SMILES string of the molecule is CC(C)(O[Si](C)(C)C(C)(C)C)c1cc(Nc2nn(C3COCCC3C#N)cc2C(N)=O)ccc1B1OC(C)(C)C(C)(C)O1. The summed E-state index contributed by atoms with van der Waals surface area (Å²) in [5.74, 6) is -0.580. The molecule has 1 amide bonds. The van der Waals surface area contributed by atoms with Crippen molar-refractivity contribution < 1.29 is 23.3 Å². The van der Waals surface area contributed by atoms with Gasteiger partial charge in [-0.05, 0) is 89.3 Å². The average Bonchev–Trinajstić information content (AvgIpc) is 3.39. The van der Waals surface area contributed by atoms with E-state index in [2.05, 4.69) is 64.2 Å². The lowest BCUT2D eigenvalue weighted by Gasteiger charge is -2.43. The van der Waals surface area contributed by atoms with Crippen LogP contribution in [0.5, 0.6) is 0 Å². The Morgan fingerprint density at radius 1 is 1.19 bits per heavy atom. The van der Waals surface area contributed by atoms with E-state index in [0.29, 0.717) is 31.1 Å². The molecule has 0 aliphatic carbocycles. The molecule has 0 spiro atoms. The number of amides is 1. The van der Waals surface area contributed by atoms with Gasteiger partial charge in [0.15, 0.2) is 14.1 Å². The number of nitriles is 1. The molecule has 1 aromatic carbocycles. The van der Waals surface area contributed by atoms with Gasteiger partial charge in [0.25, 0.3) is 5.91 Å². The minimum atomic E-state index is -2.20. The van der Waals surface area contributed by atoms with Gasteiger partial charge in [0.2, 0.25) is 0 Å². The summed E-state index contributed by atoms with van der Waals surface area (Å²) >= 11 is 0. The molecule has 2 aliphatic rings. The van der Waals surface area contributed by atoms with Crippen LogP contribution in [-0.4, -0.2) is 55.5 Å². The molecule has 2 atom stereocenters. The molecule has 2 aromatic rings. The van der Waals surface area contributed by atoms with Gasteiger partial charge in [0.1, 0.15) is 5.56 Å². The second-order valence-electron chi connectivity index (χ2n) is 14.8. The van der Waals surface area contributed by atoms with Crippen LogP contribution in [0.15, 0.2) is 24.4 Å². The number of primary amides is 1. The van der Waals surface area contributed by atoms with Gasteiger partial charge in [0.05, 0.1) is 41.4 Å². The first kappa shape index (κ1) is 33.2. The smallest absolute Gasteiger partial charge is 0.408 e. The highest BCUT2D eigenvalue weighted by Crippen LogP contribution is 2.43. The summed E-state index contributed by atoms with van der Waals surface area (Å²) in [5, 5.41) is 17.7. The van der Waals surface area contributed by atoms with E-state index in [1.807, 2.05) is 45.9 Å². The maximum absolute atomic E-state index is 12.5. The lowest BCUT2D eigenvalue weighted by Crippen LogP contribution is -2.49. The number of carbonyl (C=O) groups is 1. The molecule has 0 radical (unpaired) electrons. The number of carbonyl (C=O) groups excluding carboxylic acids is 1. The van der Waals surface area contributed by atoms with Crippen molar-refractivity contribution in [2.24, 2.45) is 11.7 Å². The Bertz CT molecular complexity index is 1390. The number of rotatable bonds is 8. The molecule has 2 unspecified atom stereocenters. The lowest BCUT2D eigenvalue weighted by molar-refractivity contribution is 0.00578. The fraction of sp³-hybridized carbons (Fsp3) is 0.645. The number of nitrogens with zero attached hydrogens (tertiary/aromatic N) is 3. The number of nitrogens with two attached hydrogens (primary N) is 1. The summed E-state index contributed by atoms with van der Waals surface area (Å²) in [7, 11) is -2.79. The van der Waals surface area contributed by atoms with Gasteiger partial charge >= 0.3 is 7.12 Å². The normalized spacial score (nSPS) is 22.3. The van der Waals surface area contributed by atoms with Crippen molar-refractivity contribution >= 4 is 38.3 Å². The predicted octanol–water partition coefficient (Wildman–Crippen LogP) is 5.38. The van der Waals surface area contributed by atoms with Crippen molar-refractivity contribution in [3.63, 3.8) is 0 Å². The summed E-state index contributed by atoms with van der Waals surface area (Å²) in [5.41, 5.74) is 6.76. The van der Waals surface area contributed by atoms with Crippen molar-refractivity contribution in [1.29, 1.82) is 5.26 Å². The Kier molecular flexibility index (Phi) is 8.76. The second kappa shape index (κ2) is 11.3. The van der Waals surface area contributed by atoms with Crippen LogP contribution in [0.1, 0.15) is 90.7 Å². The van der Waals surface area contributed by atoms with E-state index in [1.54, 1.807) is 10.9 Å². The van der Waals surface area contributed by atoms with Crippen LogP contribution in [0.2, 0.25) is 18.1 Å². The zero-order valence-electron chi connectivity index (χ0n) is 27.6. The number of hydrogen-bond acceptors (Lipinski definition) is 8. The Morgan fingerprint density at radius 3 is 2.37 bits per heavy atom. The van der Waals surface area contributed by atoms with E-state index in [9.17, 15) is 10.1 Å². The van der Waals surface area contributed by atoms with Gasteiger partial charge in [-0.15, -0.1) is 0 Å². The third-order valence-electron chi connectivity index (χ3n) is 9.62. The summed E-state index contributed by atoms with van der Waals surface area (Å²) < 4.78 is 27.2. The summed E-state index contributed by atoms with van der Waals surface area (Å²) in [6.45, 7) is 24.3. The highest BCUT2D eigenvalue weighted by Gasteiger charge is 2.53. The van der Waals surface area contributed by atoms with Gasteiger partial charge in [-0.1, -0.05) is 26.8 Å². The summed E-state index contributed by atoms with van der Waals surface area (Å²) in [6.07, 6.45) is 2.20. The van der Waals surface area contributed by atoms with Crippen LogP contribution in [0, 0.1) is 17.2 Å². The first-order valence-corrected chi connectivity index (χ1v) is 17.9. The first-order valence-electron chi connectivity index (χ1n) is 15.0. The molecule has 0 saturated carbocycles. The van der Waals surface area contributed by atoms with Gasteiger partial charge in [-0.2, -0.15) is 10.4 Å². The molecule has 1 aromatic heterocycles. The number of benzene rings is 1. The molecular formula is C31H48BN5O5Si. The van der Waals surface area contributed by atoms with E-state index < -0.39 is 38.1 Å². The van der Waals surface area contributed by atoms with Crippen molar-refractivity contribution in [2.75, 3.05) is 18.5 Å². The van der Waals surface area contributed by atoms with Crippen molar-refractivity contribution in [2.45, 2.75) is 110 Å². The Morgan fingerprint density at radius 2 is 1.81 bits per heavy atom. The van der Waals surface area contributed by atoms with Gasteiger partial charge in [0, 0.05) is 18.5 Å². The summed E-state index contributed by atoms with van der Waals surface area (Å²) in [4.78, 5) is 12.5. The van der Waals surface area contributed by atoms with Crippen LogP contribution >= 0.6 is 0 Å². The molecular weight excluding hydrogens is 561 g/mol. The number of nitrogens with one attached hydrogen (secondary N) is 1. The average molecular weight is 610 g/mol. The zero-order chi connectivity index (χ0) is 32.2. The molecule has 12 heteroatoms. The third-order valence-corrected chi connectivity index (χ3v) is 14.3. The predicted molar refractivity (Wildman–Crippen MR) is 171 cm³/mol. The number of hydrogen-bond donors (Lipinski definition) is 2. The molecule has 2 fully saturated rings. The summed E-state index contributed by atoms with van der Waals surface area (Å²) in [6, 6.07) is 7.94. The van der Waals surface area contributed by atoms with Gasteiger partial charge < -0.3 is 29.5 Å². The third kappa shape index (κ3) is 6.56. The van der Waals surface area contributed by atoms with E-state index in [4.69, 9.17) is 24.2 Å². The lowest BCUT2D eigenvalue weighted by atomic mass is 9.72. The molecule has 0 bridgehead atoms. The van der Waals surface area contributed by atoms with Crippen LogP contribution in [0.25, 0.3) is 0 Å². The fourth-order valence-electron chi connectivity index (χ4n) is 5.28. The monoisotopic (exact) mass is 609 g/mol. The van der Waals surface area contributed by atoms with Crippen molar-refractivity contribution in [3.05, 3.63) is 35.5 Å². The molecule has 3 N–H and O–H groups in total. The Balaban J connectivity index is 1.77. The molecule has 2 saturated heterocycles. The standard InChI is InChI=1S/C31H48BN5O5Si/c1-28(2,3)43(10,11)42-29(4,5)23-16-21(12-13-24(23)32-40-30(6,7)31(8,9)41-32)35-27-22(26(34)38)18-37(36-27)25-19-39-15-14-20(25)17-33/h12-13,16,18,20,25H,14-15,19H2,1-11H3,(H2,34,38)(H,35,36). The zero-order valence-corrected chi connectivity index (χ0v) is 28.6. The first-order chi connectivity index (χ1) is 19.7. The maximum Gasteiger partial charge on any atom is 0.495 e. The minimum absolute atomic E-state index is 0.00201. The quantitative estimate of drug-likeness (QED) is 0.381. The topological polar surface area (TPSA) is 134 Å². The van der Waals surface area contributed by atoms with E-state index >= 15 is 0 Å². The number of ether oxygens (including phenoxy) is 1. The molecule has 3 heterocycles. The molecule has 4 rings (SSSR count). The fourth-order valence-corrected chi connectivity index (χ4v) is 6.97. The van der Waals surface area contributed by atoms with Crippen molar-refractivity contribution in [1.82, 2.24) is 9.78 Å². The number of anilines is 2. The van der Waals surface area contributed by atoms with Crippen LogP contribution in [0.4, 0.5) is 11.5 Å². The van der Waals surface area contributed by atoms with E-state index in [0.717, 1.165) is 11.0 Å². The van der Waals surface area contributed by atoms with Crippen molar-refractivity contribution in [3.8, 4) is 6.07 Å². The van der Waals surface area contributed by atoms with Crippen LogP contribution < -0.4 is 16.5 Å². The molecule has 43 heavy (non-hydrogen) atoms. The molecule has 10 nitrogen and oxygen atoms in total. The van der Waals surface area contributed by atoms with E-state index in [-0.39, 0.29) is 22.6 Å².